The molecule has 78 valence electrons. The first-order valence-corrected chi connectivity index (χ1v) is 5.59. The monoisotopic (exact) mass is 220 g/mol. The van der Waals surface area contributed by atoms with Gasteiger partial charge in [-0.05, 0) is 18.1 Å². The maximum Gasteiger partial charge on any atom is 0.216 e. The quantitative estimate of drug-likeness (QED) is 0.776. The minimum Gasteiger partial charge on any atom is -0.368 e. The van der Waals surface area contributed by atoms with Crippen molar-refractivity contribution in [2.24, 2.45) is 0 Å². The smallest absolute Gasteiger partial charge is 0.216 e. The van der Waals surface area contributed by atoms with E-state index >= 15 is 0 Å². The van der Waals surface area contributed by atoms with Crippen LogP contribution in [-0.2, 0) is 5.75 Å². The van der Waals surface area contributed by atoms with Gasteiger partial charge >= 0.3 is 0 Å². The Balaban J connectivity index is 2.02. The highest BCUT2D eigenvalue weighted by molar-refractivity contribution is 7.98. The van der Waals surface area contributed by atoms with E-state index in [1.165, 1.54) is 11.1 Å². The second-order valence-corrected chi connectivity index (χ2v) is 4.16. The molecule has 2 aromatic rings. The van der Waals surface area contributed by atoms with Crippen LogP contribution in [0.4, 0.5) is 5.95 Å². The fourth-order valence-electron chi connectivity index (χ4n) is 1.24. The van der Waals surface area contributed by atoms with Gasteiger partial charge in [0, 0.05) is 5.75 Å². The molecule has 5 heteroatoms. The van der Waals surface area contributed by atoms with Gasteiger partial charge < -0.3 is 5.73 Å². The zero-order chi connectivity index (χ0) is 10.7. The zero-order valence-electron chi connectivity index (χ0n) is 8.40. The van der Waals surface area contributed by atoms with Crippen LogP contribution in [0.15, 0.2) is 29.4 Å². The summed E-state index contributed by atoms with van der Waals surface area (Å²) in [4.78, 5) is 4.03. The Labute approximate surface area is 92.3 Å². The van der Waals surface area contributed by atoms with Crippen LogP contribution in [0.5, 0.6) is 0 Å². The van der Waals surface area contributed by atoms with Crippen molar-refractivity contribution in [1.29, 1.82) is 0 Å². The van der Waals surface area contributed by atoms with E-state index in [0.717, 1.165) is 5.75 Å². The minimum atomic E-state index is 0.363. The topological polar surface area (TPSA) is 67.6 Å². The van der Waals surface area contributed by atoms with Crippen molar-refractivity contribution in [3.8, 4) is 0 Å². The third-order valence-corrected chi connectivity index (χ3v) is 3.00. The lowest BCUT2D eigenvalue weighted by Gasteiger charge is -2.02. The van der Waals surface area contributed by atoms with Crippen LogP contribution in [0.1, 0.15) is 11.1 Å². The summed E-state index contributed by atoms with van der Waals surface area (Å²) < 4.78 is 0. The van der Waals surface area contributed by atoms with Gasteiger partial charge in [0.1, 0.15) is 0 Å². The highest BCUT2D eigenvalue weighted by Crippen LogP contribution is 2.21. The molecule has 0 atom stereocenters. The molecule has 2 rings (SSSR count). The number of nitrogen functional groups attached to an aromatic ring is 1. The number of H-pyrrole nitrogens is 1. The van der Waals surface area contributed by atoms with Gasteiger partial charge in [0.2, 0.25) is 11.1 Å². The number of rotatable bonds is 3. The average molecular weight is 220 g/mol. The molecule has 0 aliphatic carbocycles. The molecule has 0 unspecified atom stereocenters. The lowest BCUT2D eigenvalue weighted by atomic mass is 10.1. The first kappa shape index (κ1) is 10.0. The Hall–Kier alpha value is -1.49. The van der Waals surface area contributed by atoms with Crippen molar-refractivity contribution in [2.45, 2.75) is 17.8 Å². The number of aromatic nitrogens is 3. The van der Waals surface area contributed by atoms with Crippen LogP contribution >= 0.6 is 11.8 Å². The molecule has 1 aromatic heterocycles. The van der Waals surface area contributed by atoms with Crippen LogP contribution in [-0.4, -0.2) is 15.2 Å². The Bertz CT molecular complexity index is 452. The summed E-state index contributed by atoms with van der Waals surface area (Å²) in [6.07, 6.45) is 0. The largest absolute Gasteiger partial charge is 0.368 e. The number of thioether (sulfide) groups is 1. The Morgan fingerprint density at radius 1 is 1.40 bits per heavy atom. The normalized spacial score (nSPS) is 10.5. The number of aryl methyl sites for hydroxylation is 1. The molecule has 1 aromatic carbocycles. The first-order valence-electron chi connectivity index (χ1n) is 4.61. The van der Waals surface area contributed by atoms with E-state index in [1.54, 1.807) is 11.8 Å². The van der Waals surface area contributed by atoms with Crippen molar-refractivity contribution in [1.82, 2.24) is 15.2 Å². The molecule has 0 aliphatic rings. The zero-order valence-corrected chi connectivity index (χ0v) is 9.21. The molecule has 1 heterocycles. The van der Waals surface area contributed by atoms with E-state index in [9.17, 15) is 0 Å². The molecule has 0 aliphatic heterocycles. The Morgan fingerprint density at radius 3 is 2.87 bits per heavy atom. The molecule has 0 spiro atoms. The minimum absolute atomic E-state index is 0.363. The fraction of sp³-hybridized carbons (Fsp3) is 0.200. The van der Waals surface area contributed by atoms with Gasteiger partial charge in [-0.2, -0.15) is 4.98 Å². The van der Waals surface area contributed by atoms with Gasteiger partial charge in [0.25, 0.3) is 0 Å². The number of aromatic amines is 1. The standard InChI is InChI=1S/C10H12N4S/c1-7-4-2-3-5-8(7)6-15-10-12-9(11)13-14-10/h2-5H,6H2,1H3,(H3,11,12,13,14). The van der Waals surface area contributed by atoms with Gasteiger partial charge in [0.05, 0.1) is 0 Å². The molecule has 0 amide bonds. The number of nitrogens with one attached hydrogen (secondary N) is 1. The molecule has 0 saturated heterocycles. The number of hydrogen-bond donors (Lipinski definition) is 2. The van der Waals surface area contributed by atoms with Crippen LogP contribution in [0, 0.1) is 6.92 Å². The van der Waals surface area contributed by atoms with Gasteiger partial charge in [-0.15, -0.1) is 5.10 Å². The number of hydrogen-bond acceptors (Lipinski definition) is 4. The third-order valence-electron chi connectivity index (χ3n) is 2.10. The molecular weight excluding hydrogens is 208 g/mol. The van der Waals surface area contributed by atoms with Crippen molar-refractivity contribution >= 4 is 17.7 Å². The van der Waals surface area contributed by atoms with Crippen molar-refractivity contribution < 1.29 is 0 Å². The maximum atomic E-state index is 5.43. The predicted octanol–water partition coefficient (Wildman–Crippen LogP) is 1.99. The predicted molar refractivity (Wildman–Crippen MR) is 61.5 cm³/mol. The van der Waals surface area contributed by atoms with Crippen LogP contribution in [0.25, 0.3) is 0 Å². The second kappa shape index (κ2) is 4.35. The number of benzene rings is 1. The van der Waals surface area contributed by atoms with Gasteiger partial charge in [-0.1, -0.05) is 36.0 Å². The summed E-state index contributed by atoms with van der Waals surface area (Å²) >= 11 is 1.58. The Kier molecular flexibility index (Phi) is 2.91. The molecule has 0 saturated carbocycles. The van der Waals surface area contributed by atoms with E-state index in [-0.39, 0.29) is 0 Å². The number of nitrogens with zero attached hydrogens (tertiary/aromatic N) is 2. The van der Waals surface area contributed by atoms with Gasteiger partial charge in [-0.25, -0.2) is 5.10 Å². The Morgan fingerprint density at radius 2 is 2.20 bits per heavy atom. The SMILES string of the molecule is Cc1ccccc1CSc1n[nH]c(N)n1. The van der Waals surface area contributed by atoms with E-state index in [1.807, 2.05) is 12.1 Å². The van der Waals surface area contributed by atoms with E-state index in [2.05, 4.69) is 34.2 Å². The van der Waals surface area contributed by atoms with Crippen molar-refractivity contribution in [3.05, 3.63) is 35.4 Å². The lowest BCUT2D eigenvalue weighted by molar-refractivity contribution is 0.973. The summed E-state index contributed by atoms with van der Waals surface area (Å²) in [6.45, 7) is 2.10. The number of anilines is 1. The van der Waals surface area contributed by atoms with Crippen LogP contribution in [0.3, 0.4) is 0 Å². The summed E-state index contributed by atoms with van der Waals surface area (Å²) in [5.41, 5.74) is 8.02. The van der Waals surface area contributed by atoms with E-state index in [4.69, 9.17) is 5.73 Å². The van der Waals surface area contributed by atoms with Crippen molar-refractivity contribution in [2.75, 3.05) is 5.73 Å². The van der Waals surface area contributed by atoms with Gasteiger partial charge in [0.15, 0.2) is 0 Å². The molecular formula is C10H12N4S. The summed E-state index contributed by atoms with van der Waals surface area (Å²) in [5, 5.41) is 7.27. The van der Waals surface area contributed by atoms with Crippen molar-refractivity contribution in [3.63, 3.8) is 0 Å². The summed E-state index contributed by atoms with van der Waals surface area (Å²) in [6, 6.07) is 8.28. The molecule has 0 fully saturated rings. The maximum absolute atomic E-state index is 5.43. The average Bonchev–Trinajstić information content (AvgIpc) is 2.63. The highest BCUT2D eigenvalue weighted by Gasteiger charge is 2.02. The third kappa shape index (κ3) is 2.50. The highest BCUT2D eigenvalue weighted by atomic mass is 32.2. The second-order valence-electron chi connectivity index (χ2n) is 3.22. The molecule has 0 radical (unpaired) electrons. The first-order chi connectivity index (χ1) is 7.25. The fourth-order valence-corrected chi connectivity index (χ4v) is 2.12. The molecule has 4 nitrogen and oxygen atoms in total. The molecule has 3 N–H and O–H groups in total. The lowest BCUT2D eigenvalue weighted by Crippen LogP contribution is -1.87. The van der Waals surface area contributed by atoms with Crippen LogP contribution in [0.2, 0.25) is 0 Å². The molecule has 0 bridgehead atoms. The summed E-state index contributed by atoms with van der Waals surface area (Å²) in [5.74, 6) is 1.23. The van der Waals surface area contributed by atoms with E-state index in [0.29, 0.717) is 11.1 Å². The van der Waals surface area contributed by atoms with Crippen LogP contribution < -0.4 is 5.73 Å². The molecule has 15 heavy (non-hydrogen) atoms. The van der Waals surface area contributed by atoms with E-state index < -0.39 is 0 Å². The van der Waals surface area contributed by atoms with Gasteiger partial charge in [-0.3, -0.25) is 0 Å². The number of nitrogens with two attached hydrogens (primary N) is 1. The summed E-state index contributed by atoms with van der Waals surface area (Å²) in [7, 11) is 0.